The summed E-state index contributed by atoms with van der Waals surface area (Å²) in [6.45, 7) is 3.56. The van der Waals surface area contributed by atoms with Crippen LogP contribution in [0.15, 0.2) is 0 Å². The number of hydrogen-bond acceptors (Lipinski definition) is 4. The molecule has 4 atom stereocenters. The summed E-state index contributed by atoms with van der Waals surface area (Å²) in [5.41, 5.74) is 6.02. The van der Waals surface area contributed by atoms with Crippen molar-refractivity contribution in [2.75, 3.05) is 26.5 Å². The van der Waals surface area contributed by atoms with Gasteiger partial charge in [-0.15, -0.1) is 0 Å². The number of ether oxygens (including phenoxy) is 2. The number of nitrogens with two attached hydrogens (primary N) is 1. The van der Waals surface area contributed by atoms with Crippen LogP contribution in [0.2, 0.25) is 0 Å². The van der Waals surface area contributed by atoms with Gasteiger partial charge in [-0.1, -0.05) is 0 Å². The Morgan fingerprint density at radius 3 is 2.93 bits per heavy atom. The van der Waals surface area contributed by atoms with Crippen molar-refractivity contribution in [2.24, 2.45) is 11.7 Å². The first-order valence-corrected chi connectivity index (χ1v) is 5.53. The van der Waals surface area contributed by atoms with E-state index in [-0.39, 0.29) is 0 Å². The predicted molar refractivity (Wildman–Crippen MR) is 51.8 cm³/mol. The fraction of sp³-hybridized carbons (Fsp3) is 1.00. The van der Waals surface area contributed by atoms with E-state index in [1.165, 1.54) is 13.0 Å². The monoisotopic (exact) mass is 198 g/mol. The molecule has 0 aromatic heterocycles. The molecule has 1 saturated carbocycles. The molecule has 3 aliphatic heterocycles. The summed E-state index contributed by atoms with van der Waals surface area (Å²) >= 11 is 0. The second-order valence-corrected chi connectivity index (χ2v) is 4.70. The largest absolute Gasteiger partial charge is 0.355 e. The van der Waals surface area contributed by atoms with E-state index >= 15 is 0 Å². The molecule has 80 valence electrons. The normalized spacial score (nSPS) is 47.8. The lowest BCUT2D eigenvalue weighted by molar-refractivity contribution is -0.144. The lowest BCUT2D eigenvalue weighted by atomic mass is 9.81. The molecule has 3 saturated heterocycles. The van der Waals surface area contributed by atoms with Crippen molar-refractivity contribution in [1.29, 1.82) is 0 Å². The van der Waals surface area contributed by atoms with Gasteiger partial charge in [0.1, 0.15) is 6.79 Å². The number of rotatable bonds is 2. The second-order valence-electron chi connectivity index (χ2n) is 4.70. The number of fused-ring (bicyclic) bond motifs is 1. The Morgan fingerprint density at radius 1 is 1.43 bits per heavy atom. The van der Waals surface area contributed by atoms with E-state index in [0.717, 1.165) is 25.5 Å². The summed E-state index contributed by atoms with van der Waals surface area (Å²) in [5, 5.41) is 0. The van der Waals surface area contributed by atoms with Crippen LogP contribution in [0.5, 0.6) is 0 Å². The molecule has 0 radical (unpaired) electrons. The molecule has 0 amide bonds. The number of hydrogen-bond donors (Lipinski definition) is 1. The van der Waals surface area contributed by atoms with Gasteiger partial charge in [0.15, 0.2) is 0 Å². The van der Waals surface area contributed by atoms with E-state index in [9.17, 15) is 0 Å². The van der Waals surface area contributed by atoms with Crippen LogP contribution in [0.4, 0.5) is 0 Å². The molecule has 4 aliphatic rings. The van der Waals surface area contributed by atoms with Gasteiger partial charge in [-0.3, -0.25) is 4.90 Å². The highest BCUT2D eigenvalue weighted by Crippen LogP contribution is 2.39. The first-order chi connectivity index (χ1) is 6.84. The van der Waals surface area contributed by atoms with Crippen molar-refractivity contribution >= 4 is 0 Å². The summed E-state index contributed by atoms with van der Waals surface area (Å²) in [6, 6.07) is 1.08. The van der Waals surface area contributed by atoms with Gasteiger partial charge >= 0.3 is 0 Å². The third-order valence-electron chi connectivity index (χ3n) is 3.88. The number of nitrogens with zero attached hydrogens (tertiary/aromatic N) is 1. The van der Waals surface area contributed by atoms with E-state index in [1.54, 1.807) is 0 Å². The molecular formula is C10H18N2O2. The average Bonchev–Trinajstić information content (AvgIpc) is 2.75. The van der Waals surface area contributed by atoms with Crippen LogP contribution in [-0.2, 0) is 9.47 Å². The summed E-state index contributed by atoms with van der Waals surface area (Å²) in [4.78, 5) is 2.51. The van der Waals surface area contributed by atoms with Gasteiger partial charge in [-0.05, 0) is 18.8 Å². The van der Waals surface area contributed by atoms with Gasteiger partial charge in [0.25, 0.3) is 0 Å². The molecule has 0 aromatic rings. The molecule has 4 fully saturated rings. The zero-order valence-corrected chi connectivity index (χ0v) is 8.39. The van der Waals surface area contributed by atoms with Crippen LogP contribution in [0.3, 0.4) is 0 Å². The van der Waals surface area contributed by atoms with Gasteiger partial charge in [0.2, 0.25) is 0 Å². The van der Waals surface area contributed by atoms with Gasteiger partial charge in [0, 0.05) is 25.2 Å². The van der Waals surface area contributed by atoms with E-state index in [2.05, 4.69) is 4.90 Å². The first kappa shape index (κ1) is 9.09. The van der Waals surface area contributed by atoms with E-state index in [4.69, 9.17) is 15.2 Å². The van der Waals surface area contributed by atoms with Crippen LogP contribution < -0.4 is 5.73 Å². The van der Waals surface area contributed by atoms with Crippen LogP contribution in [0.25, 0.3) is 0 Å². The zero-order chi connectivity index (χ0) is 9.54. The lowest BCUT2D eigenvalue weighted by Crippen LogP contribution is -2.50. The standard InChI is InChI=1S/C10H18N2O2/c11-10-7-3-9(10)12(4-7)5-8-1-2-13-6-14-8/h7-10H,1-6,11H2. The Balaban J connectivity index is 1.53. The molecule has 3 heterocycles. The van der Waals surface area contributed by atoms with Crippen LogP contribution in [-0.4, -0.2) is 49.6 Å². The van der Waals surface area contributed by atoms with Crippen molar-refractivity contribution in [3.8, 4) is 0 Å². The minimum atomic E-state index is 0.371. The summed E-state index contributed by atoms with van der Waals surface area (Å²) in [6.07, 6.45) is 2.71. The minimum Gasteiger partial charge on any atom is -0.355 e. The van der Waals surface area contributed by atoms with Crippen molar-refractivity contribution < 1.29 is 9.47 Å². The molecule has 0 aromatic carbocycles. The highest BCUT2D eigenvalue weighted by molar-refractivity contribution is 5.07. The highest BCUT2D eigenvalue weighted by Gasteiger charge is 2.50. The quantitative estimate of drug-likeness (QED) is 0.666. The Kier molecular flexibility index (Phi) is 2.24. The van der Waals surface area contributed by atoms with Crippen molar-refractivity contribution in [1.82, 2.24) is 4.90 Å². The Bertz CT molecular complexity index is 218. The molecule has 0 spiro atoms. The third-order valence-corrected chi connectivity index (χ3v) is 3.88. The first-order valence-electron chi connectivity index (χ1n) is 5.53. The molecule has 4 unspecified atom stereocenters. The summed E-state index contributed by atoms with van der Waals surface area (Å²) < 4.78 is 10.7. The topological polar surface area (TPSA) is 47.7 Å². The Labute approximate surface area is 84.3 Å². The van der Waals surface area contributed by atoms with Crippen molar-refractivity contribution in [3.63, 3.8) is 0 Å². The van der Waals surface area contributed by atoms with Gasteiger partial charge in [-0.25, -0.2) is 0 Å². The molecular weight excluding hydrogens is 180 g/mol. The van der Waals surface area contributed by atoms with Gasteiger partial charge in [0.05, 0.1) is 12.7 Å². The van der Waals surface area contributed by atoms with E-state index in [1.807, 2.05) is 0 Å². The molecule has 2 N–H and O–H groups in total. The predicted octanol–water partition coefficient (Wildman–Crippen LogP) is -0.219. The maximum atomic E-state index is 6.02. The maximum absolute atomic E-state index is 6.02. The summed E-state index contributed by atoms with van der Waals surface area (Å²) in [7, 11) is 0. The fourth-order valence-electron chi connectivity index (χ4n) is 2.88. The van der Waals surface area contributed by atoms with Crippen molar-refractivity contribution in [3.05, 3.63) is 0 Å². The van der Waals surface area contributed by atoms with E-state index in [0.29, 0.717) is 25.0 Å². The Morgan fingerprint density at radius 2 is 2.36 bits per heavy atom. The zero-order valence-electron chi connectivity index (χ0n) is 8.39. The van der Waals surface area contributed by atoms with Gasteiger partial charge < -0.3 is 15.2 Å². The smallest absolute Gasteiger partial charge is 0.147 e. The van der Waals surface area contributed by atoms with Gasteiger partial charge in [-0.2, -0.15) is 0 Å². The summed E-state index contributed by atoms with van der Waals surface area (Å²) in [5.74, 6) is 0.764. The molecule has 1 aliphatic carbocycles. The molecule has 14 heavy (non-hydrogen) atoms. The van der Waals surface area contributed by atoms with Crippen molar-refractivity contribution in [2.45, 2.75) is 31.0 Å². The molecule has 2 bridgehead atoms. The lowest BCUT2D eigenvalue weighted by Gasteiger charge is -2.35. The third kappa shape index (κ3) is 1.37. The van der Waals surface area contributed by atoms with Crippen LogP contribution >= 0.6 is 0 Å². The van der Waals surface area contributed by atoms with Crippen LogP contribution in [0.1, 0.15) is 12.8 Å². The molecule has 4 rings (SSSR count). The SMILES string of the molecule is NC1C2CC1N(CC1CCOCO1)C2. The minimum absolute atomic E-state index is 0.371. The second kappa shape index (κ2) is 3.45. The fourth-order valence-corrected chi connectivity index (χ4v) is 2.88. The maximum Gasteiger partial charge on any atom is 0.147 e. The van der Waals surface area contributed by atoms with Crippen LogP contribution in [0, 0.1) is 5.92 Å². The molecule has 4 heteroatoms. The van der Waals surface area contributed by atoms with E-state index < -0.39 is 0 Å². The highest BCUT2D eigenvalue weighted by atomic mass is 16.7. The molecule has 4 nitrogen and oxygen atoms in total. The average molecular weight is 198 g/mol. The Hall–Kier alpha value is -0.160.